The van der Waals surface area contributed by atoms with Crippen LogP contribution in [0.15, 0.2) is 40.9 Å². The van der Waals surface area contributed by atoms with Gasteiger partial charge >= 0.3 is 0 Å². The fourth-order valence-corrected chi connectivity index (χ4v) is 2.81. The summed E-state index contributed by atoms with van der Waals surface area (Å²) in [6.07, 6.45) is 2.87. The quantitative estimate of drug-likeness (QED) is 0.812. The van der Waals surface area contributed by atoms with E-state index in [1.165, 1.54) is 18.2 Å². The molecule has 3 rings (SSSR count). The van der Waals surface area contributed by atoms with E-state index in [4.69, 9.17) is 4.52 Å². The zero-order chi connectivity index (χ0) is 19.2. The first kappa shape index (κ1) is 18.8. The monoisotopic (exact) mass is 372 g/mol. The first-order chi connectivity index (χ1) is 13.0. The zero-order valence-electron chi connectivity index (χ0n) is 15.0. The molecule has 7 nitrogen and oxygen atoms in total. The summed E-state index contributed by atoms with van der Waals surface area (Å²) in [6.45, 7) is 4.17. The number of benzene rings is 1. The number of amides is 2. The van der Waals surface area contributed by atoms with E-state index in [1.807, 2.05) is 4.90 Å². The standard InChI is InChI=1S/C19H21FN4O3/c1-14-12-17(22-27-14)21-18(25)13-23-8-10-24(11-9-23)19(26)7-6-15-4-2-3-5-16(15)20/h2-7,12H,8-11,13H2,1H3,(H,21,22,25)/b7-6+. The van der Waals surface area contributed by atoms with E-state index in [1.54, 1.807) is 36.1 Å². The van der Waals surface area contributed by atoms with Gasteiger partial charge < -0.3 is 14.7 Å². The number of anilines is 1. The second-order valence-corrected chi connectivity index (χ2v) is 6.33. The number of carbonyl (C=O) groups is 2. The number of piperazine rings is 1. The van der Waals surface area contributed by atoms with Crippen LogP contribution in [0.5, 0.6) is 0 Å². The number of aryl methyl sites for hydroxylation is 1. The Balaban J connectivity index is 1.45. The van der Waals surface area contributed by atoms with Gasteiger partial charge in [0.15, 0.2) is 5.82 Å². The van der Waals surface area contributed by atoms with Crippen LogP contribution in [-0.4, -0.2) is 59.5 Å². The molecule has 1 aromatic carbocycles. The van der Waals surface area contributed by atoms with Crippen LogP contribution in [0, 0.1) is 12.7 Å². The molecule has 0 radical (unpaired) electrons. The van der Waals surface area contributed by atoms with E-state index in [-0.39, 0.29) is 24.2 Å². The molecule has 0 saturated carbocycles. The summed E-state index contributed by atoms with van der Waals surface area (Å²) in [4.78, 5) is 27.9. The van der Waals surface area contributed by atoms with Gasteiger partial charge in [0.25, 0.3) is 0 Å². The van der Waals surface area contributed by atoms with Crippen LogP contribution in [0.2, 0.25) is 0 Å². The number of carbonyl (C=O) groups excluding carboxylic acids is 2. The Morgan fingerprint density at radius 2 is 2.00 bits per heavy atom. The van der Waals surface area contributed by atoms with E-state index in [0.29, 0.717) is 43.3 Å². The average molecular weight is 372 g/mol. The van der Waals surface area contributed by atoms with Gasteiger partial charge in [0.05, 0.1) is 6.54 Å². The molecule has 27 heavy (non-hydrogen) atoms. The van der Waals surface area contributed by atoms with Gasteiger partial charge in [-0.2, -0.15) is 0 Å². The number of rotatable bonds is 5. The molecule has 0 unspecified atom stereocenters. The summed E-state index contributed by atoms with van der Waals surface area (Å²) in [5.41, 5.74) is 0.379. The van der Waals surface area contributed by atoms with Crippen molar-refractivity contribution in [3.63, 3.8) is 0 Å². The van der Waals surface area contributed by atoms with E-state index in [2.05, 4.69) is 10.5 Å². The van der Waals surface area contributed by atoms with Crippen LogP contribution in [-0.2, 0) is 9.59 Å². The third-order valence-electron chi connectivity index (χ3n) is 4.26. The molecule has 1 fully saturated rings. The van der Waals surface area contributed by atoms with Crippen molar-refractivity contribution in [2.24, 2.45) is 0 Å². The van der Waals surface area contributed by atoms with Crippen molar-refractivity contribution in [1.29, 1.82) is 0 Å². The highest BCUT2D eigenvalue weighted by Crippen LogP contribution is 2.10. The van der Waals surface area contributed by atoms with Crippen molar-refractivity contribution in [1.82, 2.24) is 15.0 Å². The molecular formula is C19H21FN4O3. The fraction of sp³-hybridized carbons (Fsp3) is 0.316. The second kappa shape index (κ2) is 8.59. The Morgan fingerprint density at radius 1 is 1.26 bits per heavy atom. The Kier molecular flexibility index (Phi) is 5.97. The molecular weight excluding hydrogens is 351 g/mol. The lowest BCUT2D eigenvalue weighted by Gasteiger charge is -2.33. The minimum atomic E-state index is -0.361. The molecule has 142 valence electrons. The fourth-order valence-electron chi connectivity index (χ4n) is 2.81. The summed E-state index contributed by atoms with van der Waals surface area (Å²) < 4.78 is 18.5. The van der Waals surface area contributed by atoms with Gasteiger partial charge in [-0.05, 0) is 19.1 Å². The minimum absolute atomic E-state index is 0.166. The maximum Gasteiger partial charge on any atom is 0.246 e. The molecule has 1 N–H and O–H groups in total. The average Bonchev–Trinajstić information content (AvgIpc) is 3.06. The SMILES string of the molecule is Cc1cc(NC(=O)CN2CCN(C(=O)/C=C/c3ccccc3F)CC2)no1. The lowest BCUT2D eigenvalue weighted by atomic mass is 10.2. The van der Waals surface area contributed by atoms with Crippen LogP contribution >= 0.6 is 0 Å². The summed E-state index contributed by atoms with van der Waals surface area (Å²) in [5.74, 6) is 0.313. The highest BCUT2D eigenvalue weighted by atomic mass is 19.1. The summed E-state index contributed by atoms with van der Waals surface area (Å²) in [7, 11) is 0. The predicted octanol–water partition coefficient (Wildman–Crippen LogP) is 1.92. The van der Waals surface area contributed by atoms with E-state index < -0.39 is 0 Å². The summed E-state index contributed by atoms with van der Waals surface area (Å²) in [6, 6.07) is 7.95. The van der Waals surface area contributed by atoms with Gasteiger partial charge in [-0.15, -0.1) is 0 Å². The summed E-state index contributed by atoms with van der Waals surface area (Å²) in [5, 5.41) is 6.40. The number of nitrogens with zero attached hydrogens (tertiary/aromatic N) is 3. The van der Waals surface area contributed by atoms with Gasteiger partial charge in [0.1, 0.15) is 11.6 Å². The van der Waals surface area contributed by atoms with Crippen molar-refractivity contribution < 1.29 is 18.5 Å². The van der Waals surface area contributed by atoms with Crippen LogP contribution in [0.4, 0.5) is 10.2 Å². The van der Waals surface area contributed by atoms with Gasteiger partial charge in [-0.25, -0.2) is 4.39 Å². The van der Waals surface area contributed by atoms with Gasteiger partial charge in [0, 0.05) is 43.9 Å². The van der Waals surface area contributed by atoms with Crippen molar-refractivity contribution in [2.75, 3.05) is 38.0 Å². The number of aromatic nitrogens is 1. The lowest BCUT2D eigenvalue weighted by Crippen LogP contribution is -2.50. The Morgan fingerprint density at radius 3 is 2.67 bits per heavy atom. The Bertz CT molecular complexity index is 841. The van der Waals surface area contributed by atoms with Crippen molar-refractivity contribution in [3.8, 4) is 0 Å². The second-order valence-electron chi connectivity index (χ2n) is 6.33. The molecule has 2 heterocycles. The van der Waals surface area contributed by atoms with Crippen LogP contribution in [0.25, 0.3) is 6.08 Å². The Labute approximate surface area is 156 Å². The van der Waals surface area contributed by atoms with Gasteiger partial charge in [-0.1, -0.05) is 23.4 Å². The minimum Gasteiger partial charge on any atom is -0.360 e. The number of halogens is 1. The van der Waals surface area contributed by atoms with Crippen molar-refractivity contribution >= 4 is 23.7 Å². The molecule has 1 aromatic heterocycles. The third kappa shape index (κ3) is 5.24. The number of hydrogen-bond donors (Lipinski definition) is 1. The topological polar surface area (TPSA) is 78.7 Å². The largest absolute Gasteiger partial charge is 0.360 e. The van der Waals surface area contributed by atoms with Crippen LogP contribution in [0.1, 0.15) is 11.3 Å². The molecule has 1 saturated heterocycles. The third-order valence-corrected chi connectivity index (χ3v) is 4.26. The van der Waals surface area contributed by atoms with E-state index in [9.17, 15) is 14.0 Å². The van der Waals surface area contributed by atoms with Gasteiger partial charge in [-0.3, -0.25) is 14.5 Å². The molecule has 1 aliphatic heterocycles. The van der Waals surface area contributed by atoms with Gasteiger partial charge in [0.2, 0.25) is 11.8 Å². The predicted molar refractivity (Wildman–Crippen MR) is 98.3 cm³/mol. The number of hydrogen-bond acceptors (Lipinski definition) is 5. The normalized spacial score (nSPS) is 15.3. The maximum absolute atomic E-state index is 13.6. The maximum atomic E-state index is 13.6. The molecule has 0 atom stereocenters. The summed E-state index contributed by atoms with van der Waals surface area (Å²) >= 11 is 0. The molecule has 1 aliphatic rings. The first-order valence-electron chi connectivity index (χ1n) is 8.68. The molecule has 0 bridgehead atoms. The lowest BCUT2D eigenvalue weighted by molar-refractivity contribution is -0.127. The molecule has 2 amide bonds. The molecule has 0 spiro atoms. The zero-order valence-corrected chi connectivity index (χ0v) is 15.0. The van der Waals surface area contributed by atoms with E-state index >= 15 is 0 Å². The Hall–Kier alpha value is -3.00. The van der Waals surface area contributed by atoms with E-state index in [0.717, 1.165) is 0 Å². The number of nitrogens with one attached hydrogen (secondary N) is 1. The highest BCUT2D eigenvalue weighted by Gasteiger charge is 2.21. The smallest absolute Gasteiger partial charge is 0.246 e. The molecule has 2 aromatic rings. The first-order valence-corrected chi connectivity index (χ1v) is 8.68. The van der Waals surface area contributed by atoms with Crippen LogP contribution < -0.4 is 5.32 Å². The van der Waals surface area contributed by atoms with Crippen LogP contribution in [0.3, 0.4) is 0 Å². The van der Waals surface area contributed by atoms with Crippen molar-refractivity contribution in [3.05, 3.63) is 53.5 Å². The highest BCUT2D eigenvalue weighted by molar-refractivity contribution is 5.92. The molecule has 8 heteroatoms. The van der Waals surface area contributed by atoms with Crippen molar-refractivity contribution in [2.45, 2.75) is 6.92 Å². The molecule has 0 aliphatic carbocycles.